The maximum Gasteiger partial charge on any atom is 0.326 e. The van der Waals surface area contributed by atoms with E-state index in [-0.39, 0.29) is 12.1 Å². The van der Waals surface area contributed by atoms with Gasteiger partial charge in [0.15, 0.2) is 0 Å². The van der Waals surface area contributed by atoms with Gasteiger partial charge >= 0.3 is 5.97 Å². The minimum absolute atomic E-state index is 0.244. The van der Waals surface area contributed by atoms with Crippen LogP contribution < -0.4 is 5.73 Å². The summed E-state index contributed by atoms with van der Waals surface area (Å²) in [6.45, 7) is 5.68. The standard InChI is InChI=1S/C9H19NO3/c1-5-9(3,10)8(11)13-7(2)6-12-4/h7H,5-6,10H2,1-4H3. The molecule has 0 rings (SSSR count). The summed E-state index contributed by atoms with van der Waals surface area (Å²) in [6.07, 6.45) is 0.317. The van der Waals surface area contributed by atoms with Crippen molar-refractivity contribution in [1.29, 1.82) is 0 Å². The fraction of sp³-hybridized carbons (Fsp3) is 0.889. The minimum atomic E-state index is -0.887. The number of carbonyl (C=O) groups excluding carboxylic acids is 1. The zero-order chi connectivity index (χ0) is 10.5. The highest BCUT2D eigenvalue weighted by molar-refractivity contribution is 5.80. The average molecular weight is 189 g/mol. The zero-order valence-electron chi connectivity index (χ0n) is 8.79. The largest absolute Gasteiger partial charge is 0.459 e. The highest BCUT2D eigenvalue weighted by Gasteiger charge is 2.28. The van der Waals surface area contributed by atoms with Crippen LogP contribution in [0.3, 0.4) is 0 Å². The predicted molar refractivity (Wildman–Crippen MR) is 50.3 cm³/mol. The van der Waals surface area contributed by atoms with Crippen molar-refractivity contribution < 1.29 is 14.3 Å². The van der Waals surface area contributed by atoms with Crippen LogP contribution in [0.2, 0.25) is 0 Å². The van der Waals surface area contributed by atoms with E-state index in [2.05, 4.69) is 0 Å². The lowest BCUT2D eigenvalue weighted by molar-refractivity contribution is -0.156. The lowest BCUT2D eigenvalue weighted by Crippen LogP contribution is -2.46. The number of nitrogens with two attached hydrogens (primary N) is 1. The molecule has 2 N–H and O–H groups in total. The number of ether oxygens (including phenoxy) is 2. The number of carbonyl (C=O) groups is 1. The molecule has 0 amide bonds. The molecule has 0 aromatic carbocycles. The molecule has 0 radical (unpaired) electrons. The molecule has 0 saturated carbocycles. The van der Waals surface area contributed by atoms with Gasteiger partial charge < -0.3 is 15.2 Å². The fourth-order valence-corrected chi connectivity index (χ4v) is 0.730. The normalized spacial score (nSPS) is 17.6. The summed E-state index contributed by atoms with van der Waals surface area (Å²) in [5.41, 5.74) is 4.80. The Bertz CT molecular complexity index is 168. The monoisotopic (exact) mass is 189 g/mol. The number of esters is 1. The van der Waals surface area contributed by atoms with Crippen LogP contribution in [0.15, 0.2) is 0 Å². The van der Waals surface area contributed by atoms with Crippen LogP contribution >= 0.6 is 0 Å². The lowest BCUT2D eigenvalue weighted by Gasteiger charge is -2.23. The van der Waals surface area contributed by atoms with Crippen molar-refractivity contribution in [2.75, 3.05) is 13.7 Å². The SMILES string of the molecule is CCC(C)(N)C(=O)OC(C)COC. The van der Waals surface area contributed by atoms with Gasteiger partial charge in [-0.05, 0) is 20.3 Å². The first-order valence-electron chi connectivity index (χ1n) is 4.43. The quantitative estimate of drug-likeness (QED) is 0.646. The third-order valence-electron chi connectivity index (χ3n) is 1.91. The summed E-state index contributed by atoms with van der Waals surface area (Å²) < 4.78 is 9.89. The van der Waals surface area contributed by atoms with E-state index in [0.29, 0.717) is 13.0 Å². The molecule has 0 saturated heterocycles. The van der Waals surface area contributed by atoms with Gasteiger partial charge in [0.05, 0.1) is 6.61 Å². The molecule has 2 atom stereocenters. The van der Waals surface area contributed by atoms with Gasteiger partial charge in [-0.2, -0.15) is 0 Å². The van der Waals surface area contributed by atoms with Gasteiger partial charge in [0.25, 0.3) is 0 Å². The molecule has 0 fully saturated rings. The smallest absolute Gasteiger partial charge is 0.326 e. The van der Waals surface area contributed by atoms with Crippen LogP contribution in [0.5, 0.6) is 0 Å². The van der Waals surface area contributed by atoms with Gasteiger partial charge in [-0.15, -0.1) is 0 Å². The molecular formula is C9H19NO3. The van der Waals surface area contributed by atoms with E-state index < -0.39 is 5.54 Å². The van der Waals surface area contributed by atoms with E-state index in [9.17, 15) is 4.79 Å². The Labute approximate surface area is 79.4 Å². The van der Waals surface area contributed by atoms with E-state index in [1.807, 2.05) is 6.92 Å². The Morgan fingerprint density at radius 3 is 2.54 bits per heavy atom. The maximum absolute atomic E-state index is 11.4. The van der Waals surface area contributed by atoms with Crippen molar-refractivity contribution in [3.8, 4) is 0 Å². The van der Waals surface area contributed by atoms with Crippen LogP contribution in [-0.2, 0) is 14.3 Å². The first-order chi connectivity index (χ1) is 5.94. The highest BCUT2D eigenvalue weighted by Crippen LogP contribution is 2.08. The van der Waals surface area contributed by atoms with E-state index in [0.717, 1.165) is 0 Å². The van der Waals surface area contributed by atoms with Crippen molar-refractivity contribution in [2.24, 2.45) is 5.73 Å². The number of methoxy groups -OCH3 is 1. The molecule has 0 aliphatic rings. The highest BCUT2D eigenvalue weighted by atomic mass is 16.6. The summed E-state index contributed by atoms with van der Waals surface area (Å²) >= 11 is 0. The van der Waals surface area contributed by atoms with E-state index in [4.69, 9.17) is 15.2 Å². The topological polar surface area (TPSA) is 61.6 Å². The predicted octanol–water partition coefficient (Wildman–Crippen LogP) is 0.692. The molecule has 0 spiro atoms. The molecule has 4 heteroatoms. The van der Waals surface area contributed by atoms with Crippen LogP contribution in [-0.4, -0.2) is 31.3 Å². The van der Waals surface area contributed by atoms with Gasteiger partial charge in [0.2, 0.25) is 0 Å². The van der Waals surface area contributed by atoms with Gasteiger partial charge in [0, 0.05) is 7.11 Å². The molecule has 0 bridgehead atoms. The molecule has 0 aromatic rings. The van der Waals surface area contributed by atoms with Crippen LogP contribution in [0.25, 0.3) is 0 Å². The second kappa shape index (κ2) is 5.19. The van der Waals surface area contributed by atoms with Gasteiger partial charge in [-0.25, -0.2) is 0 Å². The van der Waals surface area contributed by atoms with Gasteiger partial charge in [-0.1, -0.05) is 6.92 Å². The van der Waals surface area contributed by atoms with Crippen LogP contribution in [0.1, 0.15) is 27.2 Å². The molecule has 0 aromatic heterocycles. The summed E-state index contributed by atoms with van der Waals surface area (Å²) in [4.78, 5) is 11.4. The molecule has 78 valence electrons. The fourth-order valence-electron chi connectivity index (χ4n) is 0.730. The number of hydrogen-bond donors (Lipinski definition) is 1. The van der Waals surface area contributed by atoms with Crippen molar-refractivity contribution in [3.05, 3.63) is 0 Å². The average Bonchev–Trinajstić information content (AvgIpc) is 2.04. The number of rotatable bonds is 5. The second-order valence-electron chi connectivity index (χ2n) is 3.44. The molecule has 4 nitrogen and oxygen atoms in total. The van der Waals surface area contributed by atoms with E-state index in [1.165, 1.54) is 0 Å². The Balaban J connectivity index is 3.99. The van der Waals surface area contributed by atoms with Crippen molar-refractivity contribution >= 4 is 5.97 Å². The lowest BCUT2D eigenvalue weighted by atomic mass is 10.0. The summed E-state index contributed by atoms with van der Waals surface area (Å²) in [5.74, 6) is -0.375. The second-order valence-corrected chi connectivity index (χ2v) is 3.44. The third-order valence-corrected chi connectivity index (χ3v) is 1.91. The molecule has 13 heavy (non-hydrogen) atoms. The first kappa shape index (κ1) is 12.4. The first-order valence-corrected chi connectivity index (χ1v) is 4.43. The Kier molecular flexibility index (Phi) is 4.95. The number of hydrogen-bond acceptors (Lipinski definition) is 4. The van der Waals surface area contributed by atoms with Crippen LogP contribution in [0, 0.1) is 0 Å². The van der Waals surface area contributed by atoms with Gasteiger partial charge in [-0.3, -0.25) is 4.79 Å². The Hall–Kier alpha value is -0.610. The summed E-state index contributed by atoms with van der Waals surface area (Å²) in [7, 11) is 1.56. The molecule has 0 aliphatic heterocycles. The Morgan fingerprint density at radius 2 is 2.15 bits per heavy atom. The summed E-state index contributed by atoms with van der Waals surface area (Å²) in [5, 5.41) is 0. The summed E-state index contributed by atoms with van der Waals surface area (Å²) in [6, 6.07) is 0. The third kappa shape index (κ3) is 4.24. The maximum atomic E-state index is 11.4. The van der Waals surface area contributed by atoms with Gasteiger partial charge in [0.1, 0.15) is 11.6 Å². The van der Waals surface area contributed by atoms with E-state index >= 15 is 0 Å². The van der Waals surface area contributed by atoms with Crippen molar-refractivity contribution in [3.63, 3.8) is 0 Å². The Morgan fingerprint density at radius 1 is 1.62 bits per heavy atom. The van der Waals surface area contributed by atoms with Crippen molar-refractivity contribution in [2.45, 2.75) is 38.8 Å². The van der Waals surface area contributed by atoms with E-state index in [1.54, 1.807) is 21.0 Å². The van der Waals surface area contributed by atoms with Crippen LogP contribution in [0.4, 0.5) is 0 Å². The molecule has 0 heterocycles. The molecule has 0 aliphatic carbocycles. The zero-order valence-corrected chi connectivity index (χ0v) is 8.79. The minimum Gasteiger partial charge on any atom is -0.459 e. The van der Waals surface area contributed by atoms with Crippen molar-refractivity contribution in [1.82, 2.24) is 0 Å². The molecule has 2 unspecified atom stereocenters. The molecular weight excluding hydrogens is 170 g/mol.